The molecule has 1 heterocycles. The van der Waals surface area contributed by atoms with Crippen molar-refractivity contribution in [1.29, 1.82) is 0 Å². The zero-order chi connectivity index (χ0) is 15.7. The summed E-state index contributed by atoms with van der Waals surface area (Å²) in [6, 6.07) is 0. The predicted molar refractivity (Wildman–Crippen MR) is 76.5 cm³/mol. The van der Waals surface area contributed by atoms with Gasteiger partial charge in [0.15, 0.2) is 6.29 Å². The Labute approximate surface area is 125 Å². The first kappa shape index (κ1) is 17.5. The fourth-order valence-electron chi connectivity index (χ4n) is 1.74. The Kier molecular flexibility index (Phi) is 7.87. The van der Waals surface area contributed by atoms with Gasteiger partial charge in [0.1, 0.15) is 18.3 Å². The molecule has 1 aliphatic heterocycles. The number of unbranched alkanes of at least 4 members (excludes halogenated alkanes) is 1. The summed E-state index contributed by atoms with van der Waals surface area (Å²) < 4.78 is 10.7. The second kappa shape index (κ2) is 9.42. The smallest absolute Gasteiger partial charge is 0.186 e. The van der Waals surface area contributed by atoms with Gasteiger partial charge in [0.25, 0.3) is 0 Å². The lowest BCUT2D eigenvalue weighted by atomic mass is 10.0. The zero-order valence-electron chi connectivity index (χ0n) is 12.2. The van der Waals surface area contributed by atoms with Crippen LogP contribution in [0, 0.1) is 35.5 Å². The van der Waals surface area contributed by atoms with Crippen LogP contribution in [0.5, 0.6) is 0 Å². The van der Waals surface area contributed by atoms with Gasteiger partial charge in [0.05, 0.1) is 12.7 Å². The van der Waals surface area contributed by atoms with Crippen LogP contribution in [-0.4, -0.2) is 52.6 Å². The molecule has 5 nitrogen and oxygen atoms in total. The van der Waals surface area contributed by atoms with Crippen molar-refractivity contribution in [2.75, 3.05) is 6.61 Å². The average molecular weight is 292 g/mol. The summed E-state index contributed by atoms with van der Waals surface area (Å²) in [6.07, 6.45) is -3.94. The molecule has 0 spiro atoms. The van der Waals surface area contributed by atoms with Crippen molar-refractivity contribution in [2.45, 2.75) is 57.4 Å². The van der Waals surface area contributed by atoms with E-state index in [0.717, 1.165) is 0 Å². The standard InChI is InChI=1S/C16H20O5/c1-3-4-5-6-7-8-9-10-11-20-16-15(19)14(18)13(17)12(2)21-16/h12-19H,9-11H2,1-2H3/t12-,13+,14+,15+,16+/m1/s1. The van der Waals surface area contributed by atoms with E-state index in [2.05, 4.69) is 35.5 Å². The maximum Gasteiger partial charge on any atom is 0.186 e. The van der Waals surface area contributed by atoms with Crippen LogP contribution >= 0.6 is 0 Å². The molecule has 1 aliphatic rings. The van der Waals surface area contributed by atoms with Gasteiger partial charge in [-0.05, 0) is 44.0 Å². The normalized spacial score (nSPS) is 31.0. The molecule has 1 fully saturated rings. The van der Waals surface area contributed by atoms with E-state index < -0.39 is 30.7 Å². The highest BCUT2D eigenvalue weighted by molar-refractivity contribution is 5.35. The minimum absolute atomic E-state index is 0.328. The van der Waals surface area contributed by atoms with E-state index in [1.54, 1.807) is 13.8 Å². The lowest BCUT2D eigenvalue weighted by Gasteiger charge is -2.38. The molecule has 1 saturated heterocycles. The van der Waals surface area contributed by atoms with Crippen molar-refractivity contribution in [3.8, 4) is 35.5 Å². The summed E-state index contributed by atoms with van der Waals surface area (Å²) in [5.74, 6) is 15.9. The first-order valence-corrected chi connectivity index (χ1v) is 6.78. The monoisotopic (exact) mass is 292 g/mol. The molecule has 5 atom stereocenters. The van der Waals surface area contributed by atoms with Gasteiger partial charge in [-0.15, -0.1) is 0 Å². The van der Waals surface area contributed by atoms with E-state index in [4.69, 9.17) is 9.47 Å². The number of ether oxygens (including phenoxy) is 2. The highest BCUT2D eigenvalue weighted by atomic mass is 16.7. The van der Waals surface area contributed by atoms with Crippen LogP contribution in [0.1, 0.15) is 26.7 Å². The van der Waals surface area contributed by atoms with Crippen molar-refractivity contribution in [1.82, 2.24) is 0 Å². The van der Waals surface area contributed by atoms with E-state index >= 15 is 0 Å². The third kappa shape index (κ3) is 5.78. The minimum atomic E-state index is -1.27. The molecule has 0 aromatic carbocycles. The first-order chi connectivity index (χ1) is 10.1. The van der Waals surface area contributed by atoms with Crippen molar-refractivity contribution in [3.05, 3.63) is 0 Å². The molecule has 5 heteroatoms. The molecule has 0 unspecified atom stereocenters. The van der Waals surface area contributed by atoms with Crippen molar-refractivity contribution >= 4 is 0 Å². The first-order valence-electron chi connectivity index (χ1n) is 6.78. The van der Waals surface area contributed by atoms with Gasteiger partial charge in [-0.25, -0.2) is 0 Å². The van der Waals surface area contributed by atoms with Crippen LogP contribution in [0.2, 0.25) is 0 Å². The van der Waals surface area contributed by atoms with Crippen LogP contribution in [0.4, 0.5) is 0 Å². The summed E-state index contributed by atoms with van der Waals surface area (Å²) in [4.78, 5) is 0. The second-order valence-electron chi connectivity index (χ2n) is 4.58. The average Bonchev–Trinajstić information content (AvgIpc) is 2.48. The van der Waals surface area contributed by atoms with Gasteiger partial charge in [0, 0.05) is 6.42 Å². The Bertz CT molecular complexity index is 496. The minimum Gasteiger partial charge on any atom is -0.388 e. The Hall–Kier alpha value is -1.52. The quantitative estimate of drug-likeness (QED) is 0.487. The molecule has 0 amide bonds. The van der Waals surface area contributed by atoms with Gasteiger partial charge in [-0.2, -0.15) is 0 Å². The topological polar surface area (TPSA) is 79.2 Å². The Balaban J connectivity index is 2.26. The van der Waals surface area contributed by atoms with Crippen LogP contribution in [0.15, 0.2) is 0 Å². The number of hydrogen-bond donors (Lipinski definition) is 3. The summed E-state index contributed by atoms with van der Waals surface area (Å²) >= 11 is 0. The molecule has 1 rings (SSSR count). The maximum atomic E-state index is 9.73. The molecular weight excluding hydrogens is 272 g/mol. The maximum absolute atomic E-state index is 9.73. The van der Waals surface area contributed by atoms with E-state index in [1.165, 1.54) is 0 Å². The van der Waals surface area contributed by atoms with Crippen LogP contribution < -0.4 is 0 Å². The highest BCUT2D eigenvalue weighted by Gasteiger charge is 2.42. The number of aliphatic hydroxyl groups excluding tert-OH is 3. The van der Waals surface area contributed by atoms with Crippen molar-refractivity contribution in [2.24, 2.45) is 0 Å². The van der Waals surface area contributed by atoms with Gasteiger partial charge in [0.2, 0.25) is 0 Å². The zero-order valence-corrected chi connectivity index (χ0v) is 12.2. The Morgan fingerprint density at radius 2 is 1.71 bits per heavy atom. The molecule has 0 radical (unpaired) electrons. The third-order valence-electron chi connectivity index (χ3n) is 2.94. The molecule has 0 aliphatic carbocycles. The van der Waals surface area contributed by atoms with Crippen LogP contribution in [0.3, 0.4) is 0 Å². The van der Waals surface area contributed by atoms with E-state index in [-0.39, 0.29) is 0 Å². The summed E-state index contributed by atoms with van der Waals surface area (Å²) in [6.45, 7) is 3.64. The lowest BCUT2D eigenvalue weighted by molar-refractivity contribution is -0.293. The highest BCUT2D eigenvalue weighted by Crippen LogP contribution is 2.21. The fourth-order valence-corrected chi connectivity index (χ4v) is 1.74. The second-order valence-corrected chi connectivity index (χ2v) is 4.58. The van der Waals surface area contributed by atoms with E-state index in [0.29, 0.717) is 19.4 Å². The SMILES string of the molecule is CC#CC#CC#CCCCO[C@H]1O[C@H](C)[C@H](O)[C@H](O)[C@@H]1O. The molecule has 3 N–H and O–H groups in total. The van der Waals surface area contributed by atoms with Crippen LogP contribution in [0.25, 0.3) is 0 Å². The lowest BCUT2D eigenvalue weighted by Crippen LogP contribution is -2.57. The van der Waals surface area contributed by atoms with E-state index in [1.807, 2.05) is 0 Å². The molecule has 0 bridgehead atoms. The molecule has 0 saturated carbocycles. The number of aliphatic hydroxyl groups is 3. The van der Waals surface area contributed by atoms with Crippen molar-refractivity contribution < 1.29 is 24.8 Å². The Morgan fingerprint density at radius 3 is 2.43 bits per heavy atom. The molecule has 0 aromatic heterocycles. The van der Waals surface area contributed by atoms with Crippen molar-refractivity contribution in [3.63, 3.8) is 0 Å². The number of rotatable bonds is 4. The predicted octanol–water partition coefficient (Wildman–Crippen LogP) is -0.359. The van der Waals surface area contributed by atoms with Gasteiger partial charge < -0.3 is 24.8 Å². The fraction of sp³-hybridized carbons (Fsp3) is 0.625. The molecule has 21 heavy (non-hydrogen) atoms. The largest absolute Gasteiger partial charge is 0.388 e. The summed E-state index contributed by atoms with van der Waals surface area (Å²) in [5, 5.41) is 28.9. The third-order valence-corrected chi connectivity index (χ3v) is 2.94. The molecular formula is C16H20O5. The molecule has 114 valence electrons. The summed E-state index contributed by atoms with van der Waals surface area (Å²) in [7, 11) is 0. The van der Waals surface area contributed by atoms with Gasteiger partial charge in [-0.1, -0.05) is 11.8 Å². The summed E-state index contributed by atoms with van der Waals surface area (Å²) in [5.41, 5.74) is 0. The van der Waals surface area contributed by atoms with E-state index in [9.17, 15) is 15.3 Å². The molecule has 0 aromatic rings. The van der Waals surface area contributed by atoms with Gasteiger partial charge in [-0.3, -0.25) is 0 Å². The van der Waals surface area contributed by atoms with Gasteiger partial charge >= 0.3 is 0 Å². The Morgan fingerprint density at radius 1 is 1.00 bits per heavy atom. The van der Waals surface area contributed by atoms with Crippen LogP contribution in [-0.2, 0) is 9.47 Å². The number of hydrogen-bond acceptors (Lipinski definition) is 5.